The Balaban J connectivity index is 2.72. The smallest absolute Gasteiger partial charge is 0.0777 e. The first kappa shape index (κ1) is 15.6. The third-order valence-electron chi connectivity index (χ3n) is 2.82. The highest BCUT2D eigenvalue weighted by Crippen LogP contribution is 2.25. The van der Waals surface area contributed by atoms with Crippen LogP contribution in [0.1, 0.15) is 33.4 Å². The SMILES string of the molecule is CCOC(C(N)Cc1ccc(Br)cn1)C(C)(C)C. The Morgan fingerprint density at radius 3 is 2.50 bits per heavy atom. The third-order valence-corrected chi connectivity index (χ3v) is 3.29. The molecule has 2 N–H and O–H groups in total. The molecule has 1 rings (SSSR count). The molecule has 0 aromatic carbocycles. The topological polar surface area (TPSA) is 48.1 Å². The van der Waals surface area contributed by atoms with Crippen LogP contribution in [0.3, 0.4) is 0 Å². The molecule has 0 fully saturated rings. The number of pyridine rings is 1. The zero-order chi connectivity index (χ0) is 13.8. The van der Waals surface area contributed by atoms with Crippen molar-refractivity contribution < 1.29 is 4.74 Å². The maximum Gasteiger partial charge on any atom is 0.0777 e. The lowest BCUT2D eigenvalue weighted by molar-refractivity contribution is -0.0275. The normalized spacial score (nSPS) is 15.4. The Morgan fingerprint density at radius 2 is 2.06 bits per heavy atom. The summed E-state index contributed by atoms with van der Waals surface area (Å²) in [4.78, 5) is 4.36. The van der Waals surface area contributed by atoms with Crippen LogP contribution in [0.4, 0.5) is 0 Å². The minimum absolute atomic E-state index is 0.0325. The van der Waals surface area contributed by atoms with E-state index in [-0.39, 0.29) is 17.6 Å². The second-order valence-electron chi connectivity index (χ2n) is 5.58. The van der Waals surface area contributed by atoms with Crippen LogP contribution in [0.2, 0.25) is 0 Å². The van der Waals surface area contributed by atoms with Gasteiger partial charge in [-0.1, -0.05) is 20.8 Å². The van der Waals surface area contributed by atoms with Gasteiger partial charge in [0.25, 0.3) is 0 Å². The average molecular weight is 315 g/mol. The van der Waals surface area contributed by atoms with Gasteiger partial charge in [-0.25, -0.2) is 0 Å². The number of hydrogen-bond acceptors (Lipinski definition) is 3. The second kappa shape index (κ2) is 6.64. The van der Waals surface area contributed by atoms with Gasteiger partial charge in [0.15, 0.2) is 0 Å². The number of nitrogens with two attached hydrogens (primary N) is 1. The van der Waals surface area contributed by atoms with E-state index in [1.165, 1.54) is 0 Å². The first-order valence-electron chi connectivity index (χ1n) is 6.32. The number of ether oxygens (including phenoxy) is 1. The highest BCUT2D eigenvalue weighted by atomic mass is 79.9. The number of hydrogen-bond donors (Lipinski definition) is 1. The fourth-order valence-corrected chi connectivity index (χ4v) is 2.31. The van der Waals surface area contributed by atoms with Gasteiger partial charge in [0.1, 0.15) is 0 Å². The largest absolute Gasteiger partial charge is 0.376 e. The van der Waals surface area contributed by atoms with E-state index in [0.29, 0.717) is 6.61 Å². The average Bonchev–Trinajstić information content (AvgIpc) is 2.27. The molecule has 102 valence electrons. The lowest BCUT2D eigenvalue weighted by Gasteiger charge is -2.34. The summed E-state index contributed by atoms with van der Waals surface area (Å²) in [5, 5.41) is 0. The van der Waals surface area contributed by atoms with E-state index in [9.17, 15) is 0 Å². The van der Waals surface area contributed by atoms with E-state index < -0.39 is 0 Å². The lowest BCUT2D eigenvalue weighted by Crippen LogP contribution is -2.46. The predicted octanol–water partition coefficient (Wildman–Crippen LogP) is 3.17. The van der Waals surface area contributed by atoms with Crippen LogP contribution in [-0.2, 0) is 11.2 Å². The van der Waals surface area contributed by atoms with Crippen molar-refractivity contribution >= 4 is 15.9 Å². The van der Waals surface area contributed by atoms with Crippen molar-refractivity contribution in [2.45, 2.75) is 46.3 Å². The molecule has 1 heterocycles. The van der Waals surface area contributed by atoms with Gasteiger partial charge in [-0.15, -0.1) is 0 Å². The predicted molar refractivity (Wildman–Crippen MR) is 78.5 cm³/mol. The quantitative estimate of drug-likeness (QED) is 0.908. The van der Waals surface area contributed by atoms with E-state index in [0.717, 1.165) is 16.6 Å². The Bertz CT molecular complexity index is 359. The van der Waals surface area contributed by atoms with E-state index in [2.05, 4.69) is 41.7 Å². The summed E-state index contributed by atoms with van der Waals surface area (Å²) < 4.78 is 6.79. The molecule has 0 aliphatic heterocycles. The summed E-state index contributed by atoms with van der Waals surface area (Å²) >= 11 is 3.38. The van der Waals surface area contributed by atoms with Crippen molar-refractivity contribution in [2.24, 2.45) is 11.1 Å². The van der Waals surface area contributed by atoms with Crippen LogP contribution in [0.5, 0.6) is 0 Å². The van der Waals surface area contributed by atoms with Crippen molar-refractivity contribution in [3.05, 3.63) is 28.5 Å². The second-order valence-corrected chi connectivity index (χ2v) is 6.49. The molecule has 18 heavy (non-hydrogen) atoms. The summed E-state index contributed by atoms with van der Waals surface area (Å²) in [6, 6.07) is 3.94. The molecule has 0 amide bonds. The van der Waals surface area contributed by atoms with Gasteiger partial charge in [0.05, 0.1) is 6.10 Å². The maximum atomic E-state index is 6.28. The summed E-state index contributed by atoms with van der Waals surface area (Å²) in [5.41, 5.74) is 7.32. The summed E-state index contributed by atoms with van der Waals surface area (Å²) in [6.07, 6.45) is 2.57. The molecule has 2 atom stereocenters. The van der Waals surface area contributed by atoms with Crippen LogP contribution in [-0.4, -0.2) is 23.7 Å². The molecule has 0 radical (unpaired) electrons. The fourth-order valence-electron chi connectivity index (χ4n) is 2.07. The molecule has 0 saturated carbocycles. The van der Waals surface area contributed by atoms with Crippen molar-refractivity contribution in [3.8, 4) is 0 Å². The Kier molecular flexibility index (Phi) is 5.76. The number of halogens is 1. The number of rotatable bonds is 5. The molecule has 1 aromatic heterocycles. The van der Waals surface area contributed by atoms with Gasteiger partial charge >= 0.3 is 0 Å². The molecule has 0 spiro atoms. The first-order chi connectivity index (χ1) is 8.34. The van der Waals surface area contributed by atoms with Crippen LogP contribution in [0.15, 0.2) is 22.8 Å². The lowest BCUT2D eigenvalue weighted by atomic mass is 9.83. The number of nitrogens with zero attached hydrogens (tertiary/aromatic N) is 1. The van der Waals surface area contributed by atoms with Crippen molar-refractivity contribution in [2.75, 3.05) is 6.61 Å². The molecular formula is C14H23BrN2O. The van der Waals surface area contributed by atoms with Gasteiger partial charge in [0.2, 0.25) is 0 Å². The van der Waals surface area contributed by atoms with Gasteiger partial charge < -0.3 is 10.5 Å². The highest BCUT2D eigenvalue weighted by Gasteiger charge is 2.30. The van der Waals surface area contributed by atoms with Crippen LogP contribution in [0, 0.1) is 5.41 Å². The van der Waals surface area contributed by atoms with Crippen molar-refractivity contribution in [1.82, 2.24) is 4.98 Å². The van der Waals surface area contributed by atoms with Crippen LogP contribution in [0.25, 0.3) is 0 Å². The molecular weight excluding hydrogens is 292 g/mol. The highest BCUT2D eigenvalue weighted by molar-refractivity contribution is 9.10. The van der Waals surface area contributed by atoms with Crippen molar-refractivity contribution in [3.63, 3.8) is 0 Å². The van der Waals surface area contributed by atoms with Crippen LogP contribution < -0.4 is 5.73 Å². The molecule has 1 aromatic rings. The molecule has 2 unspecified atom stereocenters. The Labute approximate surface area is 118 Å². The zero-order valence-corrected chi connectivity index (χ0v) is 13.2. The molecule has 0 aliphatic carbocycles. The molecule has 0 saturated heterocycles. The molecule has 4 heteroatoms. The first-order valence-corrected chi connectivity index (χ1v) is 7.11. The van der Waals surface area contributed by atoms with E-state index in [1.807, 2.05) is 19.1 Å². The van der Waals surface area contributed by atoms with E-state index in [4.69, 9.17) is 10.5 Å². The van der Waals surface area contributed by atoms with Gasteiger partial charge in [0, 0.05) is 35.4 Å². The summed E-state index contributed by atoms with van der Waals surface area (Å²) in [7, 11) is 0. The Morgan fingerprint density at radius 1 is 1.39 bits per heavy atom. The summed E-state index contributed by atoms with van der Waals surface area (Å²) in [5.74, 6) is 0. The molecule has 0 bridgehead atoms. The standard InChI is InChI=1S/C14H23BrN2O/c1-5-18-13(14(2,3)4)12(16)8-11-7-6-10(15)9-17-11/h6-7,9,12-13H,5,8,16H2,1-4H3. The van der Waals surface area contributed by atoms with Gasteiger partial charge in [-0.2, -0.15) is 0 Å². The maximum absolute atomic E-state index is 6.28. The molecule has 3 nitrogen and oxygen atoms in total. The van der Waals surface area contributed by atoms with Gasteiger partial charge in [-0.3, -0.25) is 4.98 Å². The Hall–Kier alpha value is -0.450. The number of aromatic nitrogens is 1. The third kappa shape index (κ3) is 4.67. The zero-order valence-electron chi connectivity index (χ0n) is 11.6. The monoisotopic (exact) mass is 314 g/mol. The minimum Gasteiger partial charge on any atom is -0.376 e. The fraction of sp³-hybridized carbons (Fsp3) is 0.643. The molecule has 0 aliphatic rings. The van der Waals surface area contributed by atoms with Gasteiger partial charge in [-0.05, 0) is 40.4 Å². The van der Waals surface area contributed by atoms with Crippen LogP contribution >= 0.6 is 15.9 Å². The van der Waals surface area contributed by atoms with E-state index >= 15 is 0 Å². The van der Waals surface area contributed by atoms with E-state index in [1.54, 1.807) is 6.20 Å². The summed E-state index contributed by atoms with van der Waals surface area (Å²) in [6.45, 7) is 9.15. The van der Waals surface area contributed by atoms with Crippen molar-refractivity contribution in [1.29, 1.82) is 0 Å². The minimum atomic E-state index is -0.0429.